The van der Waals surface area contributed by atoms with E-state index in [1.54, 1.807) is 0 Å². The van der Waals surface area contributed by atoms with Gasteiger partial charge in [-0.25, -0.2) is 0 Å². The molecule has 2 heterocycles. The quantitative estimate of drug-likeness (QED) is 0.177. The number of hydrogen-bond donors (Lipinski definition) is 0. The maximum absolute atomic E-state index is 7.37. The van der Waals surface area contributed by atoms with Crippen molar-refractivity contribution >= 4 is 66.1 Å². The molecule has 0 fully saturated rings. The molecule has 12 aromatic rings. The maximum Gasteiger partial charge on any atom is 0.140 e. The van der Waals surface area contributed by atoms with Crippen LogP contribution in [0.5, 0.6) is 11.5 Å². The average molecular weight is 930 g/mol. The fourth-order valence-corrected chi connectivity index (χ4v) is 14.4. The van der Waals surface area contributed by atoms with Crippen molar-refractivity contribution < 1.29 is 9.15 Å². The molecule has 0 amide bonds. The van der Waals surface area contributed by atoms with E-state index in [-0.39, 0.29) is 0 Å². The van der Waals surface area contributed by atoms with E-state index in [2.05, 4.69) is 242 Å². The van der Waals surface area contributed by atoms with Crippen molar-refractivity contribution in [2.75, 3.05) is 4.90 Å². The maximum atomic E-state index is 7.37. The molecular weight excluding hydrogens is 887 g/mol. The first-order valence-corrected chi connectivity index (χ1v) is 25.6. The third-order valence-corrected chi connectivity index (χ3v) is 17.1. The summed E-state index contributed by atoms with van der Waals surface area (Å²) in [4.78, 5) is 2.55. The molecule has 0 N–H and O–H groups in total. The van der Waals surface area contributed by atoms with Gasteiger partial charge in [0.05, 0.1) is 16.5 Å². The van der Waals surface area contributed by atoms with Crippen LogP contribution in [0.25, 0.3) is 71.3 Å². The second-order valence-electron chi connectivity index (χ2n) is 20.4. The van der Waals surface area contributed by atoms with Crippen molar-refractivity contribution in [1.29, 1.82) is 0 Å². The number of rotatable bonds is 3. The fourth-order valence-electron chi connectivity index (χ4n) is 14.4. The monoisotopic (exact) mass is 929 g/mol. The van der Waals surface area contributed by atoms with Crippen molar-refractivity contribution in [3.63, 3.8) is 0 Å². The van der Waals surface area contributed by atoms with Crippen LogP contribution >= 0.6 is 0 Å². The number of benzene rings is 11. The van der Waals surface area contributed by atoms with Crippen LogP contribution in [0.2, 0.25) is 0 Å². The highest BCUT2D eigenvalue weighted by Gasteiger charge is 2.55. The second kappa shape index (κ2) is 14.2. The van der Waals surface area contributed by atoms with E-state index in [1.807, 2.05) is 0 Å². The molecule has 0 atom stereocenters. The van der Waals surface area contributed by atoms with Gasteiger partial charge in [0.15, 0.2) is 0 Å². The largest absolute Gasteiger partial charge is 0.456 e. The van der Waals surface area contributed by atoms with Gasteiger partial charge >= 0.3 is 0 Å². The van der Waals surface area contributed by atoms with Crippen LogP contribution in [0.4, 0.5) is 17.1 Å². The van der Waals surface area contributed by atoms with Gasteiger partial charge in [-0.2, -0.15) is 0 Å². The molecule has 4 aliphatic carbocycles. The molecular formula is C70H43NO2. The summed E-state index contributed by atoms with van der Waals surface area (Å²) in [5.74, 6) is 1.86. The Labute approximate surface area is 422 Å². The van der Waals surface area contributed by atoms with Crippen molar-refractivity contribution in [2.24, 2.45) is 0 Å². The van der Waals surface area contributed by atoms with Crippen molar-refractivity contribution in [3.8, 4) is 33.8 Å². The van der Waals surface area contributed by atoms with Crippen LogP contribution in [0.3, 0.4) is 0 Å². The highest BCUT2D eigenvalue weighted by molar-refractivity contribution is 6.09. The van der Waals surface area contributed by atoms with Crippen LogP contribution in [0.15, 0.2) is 247 Å². The Morgan fingerprint density at radius 3 is 1.58 bits per heavy atom. The molecule has 3 heteroatoms. The summed E-state index contributed by atoms with van der Waals surface area (Å²) in [5, 5.41) is 6.77. The Balaban J connectivity index is 0.984. The van der Waals surface area contributed by atoms with Crippen LogP contribution in [0.1, 0.15) is 57.3 Å². The van der Waals surface area contributed by atoms with E-state index in [1.165, 1.54) is 77.9 Å². The number of fused-ring (bicyclic) bond motifs is 26. The summed E-state index contributed by atoms with van der Waals surface area (Å²) in [6.45, 7) is 0. The fraction of sp³-hybridized carbons (Fsp3) is 0.0571. The number of allylic oxidation sites excluding steroid dienone is 4. The van der Waals surface area contributed by atoms with Crippen LogP contribution < -0.4 is 9.64 Å². The SMILES string of the molecule is C1=C2C(=CCC1)C1(c3cccc(N(c4ccc5c(c4)C4(c6ccccc6-c6ccccc64)c4ccccc4-5)c4ccc5oc6ccccc6c5c4)c32)c2ccc3ccccc3c2Oc2c1ccc1ccccc21. The highest BCUT2D eigenvalue weighted by Crippen LogP contribution is 2.68. The normalized spacial score (nSPS) is 15.5. The standard InChI is InChI=1S/C70H43NO2/c1-3-18-46-42(16-1)32-37-60-67(46)73-68-47-19-4-2-17-43(47)33-38-61(68)70(60)58-28-13-8-24-53(58)66-59(70)29-15-30-63(66)71(44-35-39-65-54(40-44)52-23-9-14-31-64(52)72-65)45-34-36-51-50-22-7-12-27-57(50)69(62(51)41-45)55-25-10-5-20-48(55)49-21-6-11-26-56(49)69/h1-7,9-12,14-41H,8,13H2. The molecule has 340 valence electrons. The lowest BCUT2D eigenvalue weighted by Crippen LogP contribution is -2.32. The minimum atomic E-state index is -0.661. The minimum absolute atomic E-state index is 0.503. The molecule has 0 saturated carbocycles. The predicted molar refractivity (Wildman–Crippen MR) is 298 cm³/mol. The lowest BCUT2D eigenvalue weighted by atomic mass is 9.64. The third-order valence-electron chi connectivity index (χ3n) is 17.1. The number of anilines is 3. The minimum Gasteiger partial charge on any atom is -0.456 e. The van der Waals surface area contributed by atoms with E-state index < -0.39 is 10.8 Å². The van der Waals surface area contributed by atoms with Crippen molar-refractivity contribution in [1.82, 2.24) is 0 Å². The summed E-state index contributed by atoms with van der Waals surface area (Å²) in [6, 6.07) is 83.6. The van der Waals surface area contributed by atoms with Crippen LogP contribution in [0, 0.1) is 0 Å². The summed E-state index contributed by atoms with van der Waals surface area (Å²) in [6.07, 6.45) is 6.98. The number of hydrogen-bond acceptors (Lipinski definition) is 3. The first-order chi connectivity index (χ1) is 36.2. The summed E-state index contributed by atoms with van der Waals surface area (Å²) in [7, 11) is 0. The van der Waals surface area contributed by atoms with Crippen molar-refractivity contribution in [3.05, 3.63) is 287 Å². The number of nitrogens with zero attached hydrogens (tertiary/aromatic N) is 1. The van der Waals surface area contributed by atoms with E-state index >= 15 is 0 Å². The van der Waals surface area contributed by atoms with E-state index in [4.69, 9.17) is 9.15 Å². The highest BCUT2D eigenvalue weighted by atomic mass is 16.5. The van der Waals surface area contributed by atoms with E-state index in [0.717, 1.165) is 84.9 Å². The Morgan fingerprint density at radius 2 is 0.890 bits per heavy atom. The molecule has 11 aromatic carbocycles. The molecule has 0 radical (unpaired) electrons. The third kappa shape index (κ3) is 4.90. The number of para-hydroxylation sites is 1. The molecule has 5 aliphatic rings. The van der Waals surface area contributed by atoms with E-state index in [0.29, 0.717) is 0 Å². The Kier molecular flexibility index (Phi) is 7.71. The summed E-state index contributed by atoms with van der Waals surface area (Å²) < 4.78 is 13.9. The number of ether oxygens (including phenoxy) is 1. The van der Waals surface area contributed by atoms with Gasteiger partial charge in [0, 0.05) is 49.6 Å². The topological polar surface area (TPSA) is 25.6 Å². The Bertz CT molecular complexity index is 4360. The van der Waals surface area contributed by atoms with Gasteiger partial charge in [0.2, 0.25) is 0 Å². The summed E-state index contributed by atoms with van der Waals surface area (Å²) >= 11 is 0. The average Bonchev–Trinajstić information content (AvgIpc) is 4.22. The van der Waals surface area contributed by atoms with Crippen LogP contribution in [-0.2, 0) is 10.8 Å². The Morgan fingerprint density at radius 1 is 0.356 bits per heavy atom. The molecule has 0 saturated heterocycles. The van der Waals surface area contributed by atoms with Gasteiger partial charge in [-0.1, -0.05) is 194 Å². The molecule has 3 nitrogen and oxygen atoms in total. The zero-order chi connectivity index (χ0) is 47.6. The van der Waals surface area contributed by atoms with E-state index in [9.17, 15) is 0 Å². The Hall–Kier alpha value is -9.18. The molecule has 2 spiro atoms. The van der Waals surface area contributed by atoms with Crippen molar-refractivity contribution in [2.45, 2.75) is 23.7 Å². The van der Waals surface area contributed by atoms with Gasteiger partial charge in [0.1, 0.15) is 22.7 Å². The van der Waals surface area contributed by atoms with Gasteiger partial charge in [-0.05, 0) is 127 Å². The van der Waals surface area contributed by atoms with Crippen LogP contribution in [-0.4, -0.2) is 0 Å². The number of furan rings is 1. The van der Waals surface area contributed by atoms with Gasteiger partial charge < -0.3 is 14.1 Å². The molecule has 17 rings (SSSR count). The smallest absolute Gasteiger partial charge is 0.140 e. The molecule has 1 aromatic heterocycles. The molecule has 0 unspecified atom stereocenters. The predicted octanol–water partition coefficient (Wildman–Crippen LogP) is 18.3. The molecule has 73 heavy (non-hydrogen) atoms. The lowest BCUT2D eigenvalue weighted by Gasteiger charge is -2.41. The first kappa shape index (κ1) is 39.5. The second-order valence-corrected chi connectivity index (χ2v) is 20.4. The summed E-state index contributed by atoms with van der Waals surface area (Å²) in [5.41, 5.74) is 21.8. The lowest BCUT2D eigenvalue weighted by molar-refractivity contribution is 0.447. The van der Waals surface area contributed by atoms with Gasteiger partial charge in [-0.3, -0.25) is 0 Å². The molecule has 1 aliphatic heterocycles. The zero-order valence-corrected chi connectivity index (χ0v) is 39.7. The van der Waals surface area contributed by atoms with Gasteiger partial charge in [-0.15, -0.1) is 0 Å². The van der Waals surface area contributed by atoms with Gasteiger partial charge in [0.25, 0.3) is 0 Å². The first-order valence-electron chi connectivity index (χ1n) is 25.6. The molecule has 0 bridgehead atoms. The zero-order valence-electron chi connectivity index (χ0n) is 39.7.